The number of hydrogen-bond acceptors (Lipinski definition) is 2. The number of hydrogen-bond donors (Lipinski definition) is 1. The van der Waals surface area contributed by atoms with Gasteiger partial charge in [0.2, 0.25) is 0 Å². The minimum atomic E-state index is -0.796. The first-order valence-electron chi connectivity index (χ1n) is 6.67. The van der Waals surface area contributed by atoms with Gasteiger partial charge in [-0.2, -0.15) is 0 Å². The lowest BCUT2D eigenvalue weighted by molar-refractivity contribution is -0.136. The lowest BCUT2D eigenvalue weighted by atomic mass is 10.0. The van der Waals surface area contributed by atoms with Crippen molar-refractivity contribution < 1.29 is 9.90 Å². The maximum absolute atomic E-state index is 11.5. The number of benzene rings is 2. The average Bonchev–Trinajstić information content (AvgIpc) is 2.43. The monoisotopic (exact) mass is 320 g/mol. The zero-order valence-corrected chi connectivity index (χ0v) is 13.5. The molecular weight excluding hydrogens is 304 g/mol. The van der Waals surface area contributed by atoms with E-state index in [9.17, 15) is 9.90 Å². The van der Waals surface area contributed by atoms with Crippen molar-refractivity contribution >= 4 is 29.3 Å². The Bertz CT molecular complexity index is 638. The van der Waals surface area contributed by atoms with Crippen LogP contribution in [0.1, 0.15) is 16.7 Å². The van der Waals surface area contributed by atoms with Gasteiger partial charge in [0.1, 0.15) is 5.25 Å². The Balaban J connectivity index is 2.15. The van der Waals surface area contributed by atoms with E-state index < -0.39 is 11.2 Å². The van der Waals surface area contributed by atoms with E-state index in [0.29, 0.717) is 11.4 Å². The molecule has 21 heavy (non-hydrogen) atoms. The first-order valence-corrected chi connectivity index (χ1v) is 7.92. The molecule has 1 atom stereocenters. The van der Waals surface area contributed by atoms with E-state index in [1.807, 2.05) is 50.2 Å². The third kappa shape index (κ3) is 4.51. The largest absolute Gasteiger partial charge is 0.480 e. The van der Waals surface area contributed by atoms with Gasteiger partial charge in [-0.05, 0) is 55.7 Å². The van der Waals surface area contributed by atoms with Crippen molar-refractivity contribution in [2.75, 3.05) is 0 Å². The molecule has 0 amide bonds. The molecule has 0 saturated heterocycles. The highest BCUT2D eigenvalue weighted by molar-refractivity contribution is 8.00. The molecule has 0 heterocycles. The molecule has 0 aromatic heterocycles. The first kappa shape index (κ1) is 15.9. The highest BCUT2D eigenvalue weighted by Gasteiger charge is 2.20. The van der Waals surface area contributed by atoms with Crippen LogP contribution in [0, 0.1) is 13.8 Å². The van der Waals surface area contributed by atoms with Crippen LogP contribution in [0.2, 0.25) is 5.02 Å². The van der Waals surface area contributed by atoms with E-state index in [1.165, 1.54) is 17.3 Å². The van der Waals surface area contributed by atoms with Crippen molar-refractivity contribution in [1.29, 1.82) is 0 Å². The van der Waals surface area contributed by atoms with Gasteiger partial charge < -0.3 is 5.11 Å². The summed E-state index contributed by atoms with van der Waals surface area (Å²) in [7, 11) is 0. The van der Waals surface area contributed by atoms with E-state index in [1.54, 1.807) is 6.07 Å². The van der Waals surface area contributed by atoms with Gasteiger partial charge in [0, 0.05) is 9.92 Å². The summed E-state index contributed by atoms with van der Waals surface area (Å²) in [5.74, 6) is -0.796. The van der Waals surface area contributed by atoms with Crippen LogP contribution in [-0.4, -0.2) is 16.3 Å². The summed E-state index contributed by atoms with van der Waals surface area (Å²) in [6, 6.07) is 13.5. The summed E-state index contributed by atoms with van der Waals surface area (Å²) < 4.78 is 0. The SMILES string of the molecule is Cc1ccc(S[C@H](Cc2ccc(Cl)cc2C)C(=O)O)cc1. The van der Waals surface area contributed by atoms with Crippen LogP contribution in [0.4, 0.5) is 0 Å². The lowest BCUT2D eigenvalue weighted by Gasteiger charge is -2.14. The molecule has 0 radical (unpaired) electrons. The van der Waals surface area contributed by atoms with Crippen molar-refractivity contribution in [3.8, 4) is 0 Å². The second-order valence-corrected chi connectivity index (χ2v) is 6.75. The molecule has 0 fully saturated rings. The maximum Gasteiger partial charge on any atom is 0.317 e. The summed E-state index contributed by atoms with van der Waals surface area (Å²) in [6.45, 7) is 3.97. The van der Waals surface area contributed by atoms with Crippen molar-refractivity contribution in [3.05, 3.63) is 64.2 Å². The predicted molar refractivity (Wildman–Crippen MR) is 88.4 cm³/mol. The Morgan fingerprint density at radius 1 is 1.19 bits per heavy atom. The number of thioether (sulfide) groups is 1. The Labute approximate surface area is 134 Å². The summed E-state index contributed by atoms with van der Waals surface area (Å²) in [5.41, 5.74) is 3.21. The number of carboxylic acid groups (broad SMARTS) is 1. The summed E-state index contributed by atoms with van der Waals surface area (Å²) in [5, 5.41) is 9.62. The number of carboxylic acids is 1. The van der Waals surface area contributed by atoms with Gasteiger partial charge in [-0.1, -0.05) is 35.4 Å². The topological polar surface area (TPSA) is 37.3 Å². The lowest BCUT2D eigenvalue weighted by Crippen LogP contribution is -2.19. The van der Waals surface area contributed by atoms with Crippen molar-refractivity contribution in [2.45, 2.75) is 30.4 Å². The van der Waals surface area contributed by atoms with Gasteiger partial charge in [-0.25, -0.2) is 0 Å². The molecule has 1 N–H and O–H groups in total. The highest BCUT2D eigenvalue weighted by atomic mass is 35.5. The molecule has 0 saturated carbocycles. The quantitative estimate of drug-likeness (QED) is 0.808. The van der Waals surface area contributed by atoms with Gasteiger partial charge in [-0.15, -0.1) is 11.8 Å². The number of carbonyl (C=O) groups is 1. The minimum absolute atomic E-state index is 0.483. The fourth-order valence-electron chi connectivity index (χ4n) is 2.05. The van der Waals surface area contributed by atoms with Crippen LogP contribution >= 0.6 is 23.4 Å². The minimum Gasteiger partial charge on any atom is -0.480 e. The van der Waals surface area contributed by atoms with Crippen molar-refractivity contribution in [2.24, 2.45) is 0 Å². The van der Waals surface area contributed by atoms with Crippen LogP contribution in [-0.2, 0) is 11.2 Å². The van der Waals surface area contributed by atoms with Crippen LogP contribution < -0.4 is 0 Å². The molecule has 2 rings (SSSR count). The third-order valence-corrected chi connectivity index (χ3v) is 4.72. The normalized spacial score (nSPS) is 12.1. The zero-order chi connectivity index (χ0) is 15.4. The van der Waals surface area contributed by atoms with Crippen LogP contribution in [0.25, 0.3) is 0 Å². The summed E-state index contributed by atoms with van der Waals surface area (Å²) in [6.07, 6.45) is 0.483. The molecule has 0 unspecified atom stereocenters. The fourth-order valence-corrected chi connectivity index (χ4v) is 3.26. The smallest absolute Gasteiger partial charge is 0.317 e. The van der Waals surface area contributed by atoms with Gasteiger partial charge in [0.25, 0.3) is 0 Å². The highest BCUT2D eigenvalue weighted by Crippen LogP contribution is 2.28. The van der Waals surface area contributed by atoms with Crippen LogP contribution in [0.3, 0.4) is 0 Å². The Morgan fingerprint density at radius 3 is 2.43 bits per heavy atom. The van der Waals surface area contributed by atoms with Gasteiger partial charge in [0.05, 0.1) is 0 Å². The standard InChI is InChI=1S/C17H17ClO2S/c1-11-3-7-15(8-4-11)21-16(17(19)20)10-13-5-6-14(18)9-12(13)2/h3-9,16H,10H2,1-2H3,(H,19,20)/t16-/m1/s1. The molecule has 110 valence electrons. The number of aryl methyl sites for hydroxylation is 2. The van der Waals surface area contributed by atoms with Gasteiger partial charge in [0.15, 0.2) is 0 Å². The zero-order valence-electron chi connectivity index (χ0n) is 12.0. The third-order valence-electron chi connectivity index (χ3n) is 3.28. The molecule has 0 bridgehead atoms. The van der Waals surface area contributed by atoms with Gasteiger partial charge in [-0.3, -0.25) is 4.79 Å². The molecule has 2 aromatic rings. The summed E-state index contributed by atoms with van der Waals surface area (Å²) in [4.78, 5) is 12.5. The maximum atomic E-state index is 11.5. The molecule has 0 aliphatic heterocycles. The Hall–Kier alpha value is -1.45. The van der Waals surface area contributed by atoms with Crippen molar-refractivity contribution in [3.63, 3.8) is 0 Å². The molecule has 2 aromatic carbocycles. The number of aliphatic carboxylic acids is 1. The molecule has 0 aliphatic rings. The number of rotatable bonds is 5. The van der Waals surface area contributed by atoms with Crippen LogP contribution in [0.5, 0.6) is 0 Å². The van der Waals surface area contributed by atoms with Gasteiger partial charge >= 0.3 is 5.97 Å². The molecule has 4 heteroatoms. The van der Waals surface area contributed by atoms with E-state index in [4.69, 9.17) is 11.6 Å². The Kier molecular flexibility index (Phi) is 5.32. The number of halogens is 1. The first-order chi connectivity index (χ1) is 9.95. The van der Waals surface area contributed by atoms with E-state index in [0.717, 1.165) is 16.0 Å². The predicted octanol–water partition coefficient (Wildman–Crippen LogP) is 4.74. The van der Waals surface area contributed by atoms with Crippen LogP contribution in [0.15, 0.2) is 47.4 Å². The Morgan fingerprint density at radius 2 is 1.86 bits per heavy atom. The second-order valence-electron chi connectivity index (χ2n) is 5.03. The molecule has 2 nitrogen and oxygen atoms in total. The van der Waals surface area contributed by atoms with Crippen molar-refractivity contribution in [1.82, 2.24) is 0 Å². The van der Waals surface area contributed by atoms with E-state index >= 15 is 0 Å². The summed E-state index contributed by atoms with van der Waals surface area (Å²) >= 11 is 7.32. The molecular formula is C17H17ClO2S. The average molecular weight is 321 g/mol. The van der Waals surface area contributed by atoms with E-state index in [-0.39, 0.29) is 0 Å². The fraction of sp³-hybridized carbons (Fsp3) is 0.235. The second kappa shape index (κ2) is 7.01. The molecule has 0 aliphatic carbocycles. The van der Waals surface area contributed by atoms with E-state index in [2.05, 4.69) is 0 Å². The molecule has 0 spiro atoms.